The molecule has 2 rings (SSSR count). The number of likely N-dealkylation sites (tertiary alicyclic amines) is 1. The minimum Gasteiger partial charge on any atom is -0.465 e. The first-order valence-electron chi connectivity index (χ1n) is 7.97. The number of piperidine rings is 1. The molecule has 0 amide bonds. The molecule has 1 heterocycles. The Morgan fingerprint density at radius 3 is 2.54 bits per heavy atom. The smallest absolute Gasteiger partial charge is 0.416 e. The molecule has 26 heavy (non-hydrogen) atoms. The van der Waals surface area contributed by atoms with Gasteiger partial charge in [-0.25, -0.2) is 13.6 Å². The van der Waals surface area contributed by atoms with Gasteiger partial charge in [0.2, 0.25) is 0 Å². The van der Waals surface area contributed by atoms with Gasteiger partial charge in [0, 0.05) is 37.3 Å². The Balaban J connectivity index is 2.38. The molecule has 0 N–H and O–H groups in total. The molecule has 1 aromatic carbocycles. The maximum atomic E-state index is 13.6. The van der Waals surface area contributed by atoms with E-state index in [2.05, 4.69) is 20.7 Å². The second-order valence-corrected chi connectivity index (χ2v) is 7.00. The van der Waals surface area contributed by atoms with Gasteiger partial charge in [0.1, 0.15) is 0 Å². The second kappa shape index (κ2) is 7.80. The third-order valence-corrected chi connectivity index (χ3v) is 5.14. The van der Waals surface area contributed by atoms with E-state index in [-0.39, 0.29) is 48.1 Å². The van der Waals surface area contributed by atoms with E-state index in [1.165, 1.54) is 13.0 Å². The average Bonchev–Trinajstić information content (AvgIpc) is 2.56. The van der Waals surface area contributed by atoms with E-state index >= 15 is 0 Å². The monoisotopic (exact) mass is 443 g/mol. The third-order valence-electron chi connectivity index (χ3n) is 4.57. The lowest BCUT2D eigenvalue weighted by Crippen LogP contribution is -2.45. The van der Waals surface area contributed by atoms with Gasteiger partial charge in [0.25, 0.3) is 5.92 Å². The van der Waals surface area contributed by atoms with E-state index < -0.39 is 29.5 Å². The molecule has 1 atom stereocenters. The first-order chi connectivity index (χ1) is 12.0. The highest BCUT2D eigenvalue weighted by atomic mass is 79.9. The van der Waals surface area contributed by atoms with Gasteiger partial charge in [-0.3, -0.25) is 4.90 Å². The standard InChI is InChI=1S/C17H19BrF5NO2/c1-10-8-24(4-3-16(10,19)20)9-11-5-12(15(25)26-2)13(7-18)14(6-11)17(21,22)23/h5-6,10H,3-4,7-9H2,1-2H3. The van der Waals surface area contributed by atoms with Gasteiger partial charge in [-0.2, -0.15) is 13.2 Å². The van der Waals surface area contributed by atoms with Crippen molar-refractivity contribution in [1.82, 2.24) is 4.90 Å². The Bertz CT molecular complexity index is 678. The Morgan fingerprint density at radius 1 is 1.38 bits per heavy atom. The Labute approximate surface area is 156 Å². The summed E-state index contributed by atoms with van der Waals surface area (Å²) in [6.45, 7) is 1.62. The largest absolute Gasteiger partial charge is 0.465 e. The van der Waals surface area contributed by atoms with Crippen molar-refractivity contribution in [3.05, 3.63) is 34.4 Å². The normalized spacial score (nSPS) is 20.8. The van der Waals surface area contributed by atoms with Crippen LogP contribution in [0, 0.1) is 5.92 Å². The molecule has 3 nitrogen and oxygen atoms in total. The fraction of sp³-hybridized carbons (Fsp3) is 0.588. The number of alkyl halides is 6. The van der Waals surface area contributed by atoms with Crippen LogP contribution in [0.2, 0.25) is 0 Å². The molecule has 0 saturated carbocycles. The van der Waals surface area contributed by atoms with Crippen molar-refractivity contribution in [3.8, 4) is 0 Å². The highest BCUT2D eigenvalue weighted by molar-refractivity contribution is 9.08. The quantitative estimate of drug-likeness (QED) is 0.378. The second-order valence-electron chi connectivity index (χ2n) is 6.44. The molecule has 1 aliphatic rings. The van der Waals surface area contributed by atoms with Gasteiger partial charge in [0.15, 0.2) is 0 Å². The van der Waals surface area contributed by atoms with Crippen molar-refractivity contribution in [2.45, 2.75) is 37.3 Å². The molecule has 1 unspecified atom stereocenters. The maximum absolute atomic E-state index is 13.6. The summed E-state index contributed by atoms with van der Waals surface area (Å²) in [6.07, 6.45) is -4.99. The number of hydrogen-bond donors (Lipinski definition) is 0. The Kier molecular flexibility index (Phi) is 6.32. The number of carbonyl (C=O) groups excluding carboxylic acids is 1. The molecule has 1 aliphatic heterocycles. The van der Waals surface area contributed by atoms with Crippen LogP contribution >= 0.6 is 15.9 Å². The van der Waals surface area contributed by atoms with Crippen molar-refractivity contribution in [2.24, 2.45) is 5.92 Å². The summed E-state index contributed by atoms with van der Waals surface area (Å²) in [6, 6.07) is 2.32. The van der Waals surface area contributed by atoms with Crippen LogP contribution in [-0.2, 0) is 22.8 Å². The van der Waals surface area contributed by atoms with E-state index in [0.29, 0.717) is 0 Å². The van der Waals surface area contributed by atoms with E-state index in [1.54, 1.807) is 4.90 Å². The summed E-state index contributed by atoms with van der Waals surface area (Å²) in [5, 5.41) is -0.167. The van der Waals surface area contributed by atoms with Crippen LogP contribution in [0.5, 0.6) is 0 Å². The molecule has 0 spiro atoms. The first-order valence-corrected chi connectivity index (χ1v) is 9.09. The molecule has 146 valence electrons. The number of nitrogens with zero attached hydrogens (tertiary/aromatic N) is 1. The summed E-state index contributed by atoms with van der Waals surface area (Å²) in [7, 11) is 1.09. The average molecular weight is 444 g/mol. The number of halogens is 6. The third kappa shape index (κ3) is 4.54. The number of hydrogen-bond acceptors (Lipinski definition) is 3. The van der Waals surface area contributed by atoms with Crippen molar-refractivity contribution in [3.63, 3.8) is 0 Å². The van der Waals surface area contributed by atoms with E-state index in [9.17, 15) is 26.7 Å². The summed E-state index contributed by atoms with van der Waals surface area (Å²) in [5.41, 5.74) is -1.07. The zero-order valence-corrected chi connectivity index (χ0v) is 15.9. The minimum atomic E-state index is -4.65. The van der Waals surface area contributed by atoms with Crippen molar-refractivity contribution in [1.29, 1.82) is 0 Å². The minimum absolute atomic E-state index is 0.0516. The number of methoxy groups -OCH3 is 1. The van der Waals surface area contributed by atoms with Gasteiger partial charge in [0.05, 0.1) is 18.2 Å². The lowest BCUT2D eigenvalue weighted by molar-refractivity contribution is -0.138. The number of rotatable bonds is 4. The van der Waals surface area contributed by atoms with Crippen LogP contribution in [0.4, 0.5) is 22.0 Å². The molecule has 0 aliphatic carbocycles. The van der Waals surface area contributed by atoms with Crippen molar-refractivity contribution < 1.29 is 31.5 Å². The Morgan fingerprint density at radius 2 is 2.04 bits per heavy atom. The number of carbonyl (C=O) groups is 1. The van der Waals surface area contributed by atoms with Crippen molar-refractivity contribution >= 4 is 21.9 Å². The topological polar surface area (TPSA) is 29.5 Å². The van der Waals surface area contributed by atoms with Crippen molar-refractivity contribution in [2.75, 3.05) is 20.2 Å². The molecule has 0 aromatic heterocycles. The molecule has 1 fully saturated rings. The van der Waals surface area contributed by atoms with Gasteiger partial charge >= 0.3 is 12.1 Å². The zero-order chi connectivity index (χ0) is 19.7. The number of ether oxygens (including phenoxy) is 1. The zero-order valence-electron chi connectivity index (χ0n) is 14.3. The molecular weight excluding hydrogens is 425 g/mol. The van der Waals surface area contributed by atoms with Crippen LogP contribution in [0.1, 0.15) is 40.4 Å². The molecule has 1 saturated heterocycles. The Hall–Kier alpha value is -1.22. The fourth-order valence-corrected chi connectivity index (χ4v) is 3.68. The van der Waals surface area contributed by atoms with Gasteiger partial charge < -0.3 is 4.74 Å². The predicted molar refractivity (Wildman–Crippen MR) is 89.4 cm³/mol. The van der Waals surface area contributed by atoms with E-state index in [4.69, 9.17) is 0 Å². The summed E-state index contributed by atoms with van der Waals surface area (Å²) in [5.74, 6) is -4.53. The molecular formula is C17H19BrF5NO2. The SMILES string of the molecule is COC(=O)c1cc(CN2CCC(F)(F)C(C)C2)cc(C(F)(F)F)c1CBr. The molecule has 0 radical (unpaired) electrons. The number of esters is 1. The number of benzene rings is 1. The van der Waals surface area contributed by atoms with Crippen LogP contribution < -0.4 is 0 Å². The lowest BCUT2D eigenvalue weighted by atomic mass is 9.94. The first kappa shape index (κ1) is 21.1. The van der Waals surface area contributed by atoms with Gasteiger partial charge in [-0.15, -0.1) is 0 Å². The summed E-state index contributed by atoms with van der Waals surface area (Å²) in [4.78, 5) is 13.6. The van der Waals surface area contributed by atoms with E-state index in [1.807, 2.05) is 0 Å². The highest BCUT2D eigenvalue weighted by Crippen LogP contribution is 2.37. The molecule has 0 bridgehead atoms. The van der Waals surface area contributed by atoms with Crippen LogP contribution in [0.3, 0.4) is 0 Å². The fourth-order valence-electron chi connectivity index (χ4n) is 3.08. The van der Waals surface area contributed by atoms with Crippen LogP contribution in [-0.4, -0.2) is 37.0 Å². The van der Waals surface area contributed by atoms with Crippen LogP contribution in [0.15, 0.2) is 12.1 Å². The molecule has 1 aromatic rings. The van der Waals surface area contributed by atoms with Gasteiger partial charge in [-0.05, 0) is 23.3 Å². The molecule has 9 heteroatoms. The predicted octanol–water partition coefficient (Wildman–Crippen LogP) is 4.86. The van der Waals surface area contributed by atoms with Gasteiger partial charge in [-0.1, -0.05) is 22.9 Å². The van der Waals surface area contributed by atoms with Crippen LogP contribution in [0.25, 0.3) is 0 Å². The summed E-state index contributed by atoms with van der Waals surface area (Å²) >= 11 is 2.99. The van der Waals surface area contributed by atoms with E-state index in [0.717, 1.165) is 13.2 Å². The highest BCUT2D eigenvalue weighted by Gasteiger charge is 2.41. The summed E-state index contributed by atoms with van der Waals surface area (Å²) < 4.78 is 72.1. The lowest BCUT2D eigenvalue weighted by Gasteiger charge is -2.36. The maximum Gasteiger partial charge on any atom is 0.416 e.